The second-order valence-electron chi connectivity index (χ2n) is 7.56. The van der Waals surface area contributed by atoms with Gasteiger partial charge in [-0.05, 0) is 37.8 Å². The van der Waals surface area contributed by atoms with Gasteiger partial charge >= 0.3 is 0 Å². The maximum absolute atomic E-state index is 12.5. The number of aromatic nitrogens is 1. The van der Waals surface area contributed by atoms with Crippen LogP contribution in [0, 0.1) is 5.92 Å². The third-order valence-corrected chi connectivity index (χ3v) is 5.39. The predicted octanol–water partition coefficient (Wildman–Crippen LogP) is 2.24. The summed E-state index contributed by atoms with van der Waals surface area (Å²) in [6.07, 6.45) is 3.74. The highest BCUT2D eigenvalue weighted by atomic mass is 16.2. The second-order valence-corrected chi connectivity index (χ2v) is 7.56. The van der Waals surface area contributed by atoms with Crippen LogP contribution in [0.3, 0.4) is 0 Å². The molecular weight excluding hydrogens is 352 g/mol. The largest absolute Gasteiger partial charge is 0.363 e. The van der Waals surface area contributed by atoms with Crippen molar-refractivity contribution < 1.29 is 4.79 Å². The fraction of sp³-hybridized carbons (Fsp3) is 0.667. The number of hydrogen-bond acceptors (Lipinski definition) is 4. The summed E-state index contributed by atoms with van der Waals surface area (Å²) in [5.74, 6) is 2.21. The Morgan fingerprint density at radius 3 is 2.54 bits per heavy atom. The van der Waals surface area contributed by atoms with E-state index in [1.807, 2.05) is 42.1 Å². The summed E-state index contributed by atoms with van der Waals surface area (Å²) in [6.45, 7) is 6.44. The van der Waals surface area contributed by atoms with Crippen molar-refractivity contribution in [2.45, 2.75) is 52.1 Å². The number of anilines is 1. The quantitative estimate of drug-likeness (QED) is 0.554. The Labute approximate surface area is 169 Å². The Morgan fingerprint density at radius 2 is 1.96 bits per heavy atom. The molecular formula is C21H36N6O. The van der Waals surface area contributed by atoms with Crippen molar-refractivity contribution in [3.05, 3.63) is 23.9 Å². The molecule has 1 aliphatic rings. The van der Waals surface area contributed by atoms with E-state index in [0.29, 0.717) is 18.5 Å². The van der Waals surface area contributed by atoms with Crippen LogP contribution in [-0.4, -0.2) is 62.0 Å². The lowest BCUT2D eigenvalue weighted by Gasteiger charge is -2.34. The van der Waals surface area contributed by atoms with E-state index >= 15 is 0 Å². The molecule has 1 saturated heterocycles. The van der Waals surface area contributed by atoms with Crippen LogP contribution in [0.5, 0.6) is 0 Å². The van der Waals surface area contributed by atoms with Crippen molar-refractivity contribution >= 4 is 17.7 Å². The number of aliphatic imine (C=N–C) groups is 1. The molecule has 0 saturated carbocycles. The second kappa shape index (κ2) is 10.9. The molecule has 0 unspecified atom stereocenters. The van der Waals surface area contributed by atoms with Crippen LogP contribution in [0.1, 0.15) is 45.2 Å². The summed E-state index contributed by atoms with van der Waals surface area (Å²) in [7, 11) is 5.76. The molecule has 2 heterocycles. The molecule has 7 heteroatoms. The summed E-state index contributed by atoms with van der Waals surface area (Å²) < 4.78 is 0. The zero-order chi connectivity index (χ0) is 20.5. The van der Waals surface area contributed by atoms with Crippen LogP contribution in [0.4, 0.5) is 5.82 Å². The van der Waals surface area contributed by atoms with E-state index < -0.39 is 0 Å². The Hall–Kier alpha value is -2.31. The van der Waals surface area contributed by atoms with E-state index in [9.17, 15) is 4.79 Å². The van der Waals surface area contributed by atoms with Crippen molar-refractivity contribution in [3.63, 3.8) is 0 Å². The number of amides is 1. The number of pyridine rings is 1. The van der Waals surface area contributed by atoms with Crippen molar-refractivity contribution in [3.8, 4) is 0 Å². The van der Waals surface area contributed by atoms with E-state index in [1.165, 1.54) is 0 Å². The molecule has 1 fully saturated rings. The third kappa shape index (κ3) is 6.11. The van der Waals surface area contributed by atoms with Crippen LogP contribution < -0.4 is 15.5 Å². The number of hydrogen-bond donors (Lipinski definition) is 2. The molecule has 156 valence electrons. The molecule has 7 nitrogen and oxygen atoms in total. The minimum atomic E-state index is 0.171. The first kappa shape index (κ1) is 22.0. The molecule has 0 aromatic carbocycles. The normalized spacial score (nSPS) is 15.6. The van der Waals surface area contributed by atoms with Crippen LogP contribution in [0.25, 0.3) is 0 Å². The molecule has 0 spiro atoms. The summed E-state index contributed by atoms with van der Waals surface area (Å²) in [5, 5.41) is 6.84. The average molecular weight is 389 g/mol. The highest BCUT2D eigenvalue weighted by molar-refractivity contribution is 5.80. The number of piperidine rings is 1. The zero-order valence-electron chi connectivity index (χ0n) is 18.0. The zero-order valence-corrected chi connectivity index (χ0v) is 18.0. The lowest BCUT2D eigenvalue weighted by molar-refractivity contribution is -0.136. The molecule has 0 atom stereocenters. The van der Waals surface area contributed by atoms with Gasteiger partial charge in [-0.2, -0.15) is 0 Å². The van der Waals surface area contributed by atoms with Crippen molar-refractivity contribution in [1.82, 2.24) is 20.5 Å². The Bertz CT molecular complexity index is 648. The fourth-order valence-corrected chi connectivity index (χ4v) is 3.52. The third-order valence-electron chi connectivity index (χ3n) is 5.39. The highest BCUT2D eigenvalue weighted by Crippen LogP contribution is 2.17. The Balaban J connectivity index is 1.81. The first-order valence-corrected chi connectivity index (χ1v) is 10.4. The van der Waals surface area contributed by atoms with Gasteiger partial charge in [-0.15, -0.1) is 0 Å². The number of carbonyl (C=O) groups excluding carboxylic acids is 1. The topological polar surface area (TPSA) is 72.9 Å². The van der Waals surface area contributed by atoms with Crippen molar-refractivity contribution in [1.29, 1.82) is 0 Å². The minimum Gasteiger partial charge on any atom is -0.363 e. The Morgan fingerprint density at radius 1 is 1.29 bits per heavy atom. The standard InChI is InChI=1S/C21H36N6O/c1-6-16(7-2)20(28)27-13-11-17(12-14-27)25-21(22-3)23-15-18-9-8-10-19(24-18)26(4)5/h8-10,16-17H,6-7,11-15H2,1-5H3,(H2,22,23,25). The molecule has 2 rings (SSSR count). The van der Waals surface area contributed by atoms with Gasteiger partial charge < -0.3 is 20.4 Å². The minimum absolute atomic E-state index is 0.171. The molecule has 1 aromatic heterocycles. The fourth-order valence-electron chi connectivity index (χ4n) is 3.52. The summed E-state index contributed by atoms with van der Waals surface area (Å²) in [6, 6.07) is 6.35. The number of nitrogens with one attached hydrogen (secondary N) is 2. The van der Waals surface area contributed by atoms with E-state index in [0.717, 1.165) is 56.2 Å². The van der Waals surface area contributed by atoms with Gasteiger partial charge in [0.1, 0.15) is 5.82 Å². The summed E-state index contributed by atoms with van der Waals surface area (Å²) >= 11 is 0. The molecule has 0 radical (unpaired) electrons. The molecule has 1 aliphatic heterocycles. The molecule has 1 aromatic rings. The van der Waals surface area contributed by atoms with Crippen LogP contribution in [-0.2, 0) is 11.3 Å². The lowest BCUT2D eigenvalue weighted by atomic mass is 9.98. The van der Waals surface area contributed by atoms with Gasteiger partial charge in [-0.1, -0.05) is 19.9 Å². The van der Waals surface area contributed by atoms with Gasteiger partial charge in [0.15, 0.2) is 5.96 Å². The number of guanidine groups is 1. The van der Waals surface area contributed by atoms with E-state index in [4.69, 9.17) is 0 Å². The number of nitrogens with zero attached hydrogens (tertiary/aromatic N) is 4. The van der Waals surface area contributed by atoms with Crippen molar-refractivity contribution in [2.75, 3.05) is 39.1 Å². The van der Waals surface area contributed by atoms with Gasteiger partial charge in [-0.3, -0.25) is 9.79 Å². The first-order chi connectivity index (χ1) is 13.5. The Kier molecular flexibility index (Phi) is 8.54. The number of rotatable bonds is 7. The average Bonchev–Trinajstić information content (AvgIpc) is 2.72. The van der Waals surface area contributed by atoms with Crippen LogP contribution in [0.15, 0.2) is 23.2 Å². The maximum Gasteiger partial charge on any atom is 0.225 e. The SMILES string of the molecule is CCC(CC)C(=O)N1CCC(NC(=NC)NCc2cccc(N(C)C)n2)CC1. The maximum atomic E-state index is 12.5. The monoisotopic (exact) mass is 388 g/mol. The van der Waals surface area contributed by atoms with Gasteiger partial charge in [-0.25, -0.2) is 4.98 Å². The van der Waals surface area contributed by atoms with Gasteiger partial charge in [0.2, 0.25) is 5.91 Å². The molecule has 0 aliphatic carbocycles. The molecule has 1 amide bonds. The van der Waals surface area contributed by atoms with Crippen molar-refractivity contribution in [2.24, 2.45) is 10.9 Å². The lowest BCUT2D eigenvalue weighted by Crippen LogP contribution is -2.50. The van der Waals surface area contributed by atoms with Gasteiger partial charge in [0.25, 0.3) is 0 Å². The van der Waals surface area contributed by atoms with E-state index in [-0.39, 0.29) is 5.92 Å². The smallest absolute Gasteiger partial charge is 0.225 e. The van der Waals surface area contributed by atoms with E-state index in [1.54, 1.807) is 7.05 Å². The first-order valence-electron chi connectivity index (χ1n) is 10.4. The van der Waals surface area contributed by atoms with Gasteiger partial charge in [0.05, 0.1) is 12.2 Å². The molecule has 2 N–H and O–H groups in total. The van der Waals surface area contributed by atoms with E-state index in [2.05, 4.69) is 34.5 Å². The molecule has 0 bridgehead atoms. The predicted molar refractivity (Wildman–Crippen MR) is 116 cm³/mol. The van der Waals surface area contributed by atoms with Gasteiger partial charge in [0, 0.05) is 46.2 Å². The summed E-state index contributed by atoms with van der Waals surface area (Å²) in [4.78, 5) is 25.5. The number of carbonyl (C=O) groups is 1. The molecule has 28 heavy (non-hydrogen) atoms. The summed E-state index contributed by atoms with van der Waals surface area (Å²) in [5.41, 5.74) is 0.972. The van der Waals surface area contributed by atoms with Crippen LogP contribution >= 0.6 is 0 Å². The highest BCUT2D eigenvalue weighted by Gasteiger charge is 2.26. The van der Waals surface area contributed by atoms with Crippen LogP contribution in [0.2, 0.25) is 0 Å². The number of likely N-dealkylation sites (tertiary alicyclic amines) is 1.